The van der Waals surface area contributed by atoms with Crippen molar-refractivity contribution in [2.24, 2.45) is 0 Å². The Balaban J connectivity index is 2.92. The Morgan fingerprint density at radius 3 is 2.52 bits per heavy atom. The van der Waals surface area contributed by atoms with E-state index in [1.54, 1.807) is 18.2 Å². The van der Waals surface area contributed by atoms with E-state index in [0.717, 1.165) is 4.31 Å². The first-order valence-corrected chi connectivity index (χ1v) is 8.00. The summed E-state index contributed by atoms with van der Waals surface area (Å²) >= 11 is 0. The number of benzene rings is 1. The highest BCUT2D eigenvalue weighted by Crippen LogP contribution is 2.14. The van der Waals surface area contributed by atoms with Crippen LogP contribution < -0.4 is 0 Å². The van der Waals surface area contributed by atoms with Crippen LogP contribution in [0.15, 0.2) is 24.3 Å². The molecule has 0 fully saturated rings. The van der Waals surface area contributed by atoms with Gasteiger partial charge in [0.15, 0.2) is 0 Å². The summed E-state index contributed by atoms with van der Waals surface area (Å²) in [6.45, 7) is 3.07. The van der Waals surface area contributed by atoms with Gasteiger partial charge in [-0.3, -0.25) is 0 Å². The zero-order valence-corrected chi connectivity index (χ0v) is 13.5. The van der Waals surface area contributed by atoms with E-state index in [9.17, 15) is 18.3 Å². The van der Waals surface area contributed by atoms with Gasteiger partial charge in [0.05, 0.1) is 24.0 Å². The molecule has 0 aliphatic heterocycles. The van der Waals surface area contributed by atoms with Crippen LogP contribution in [-0.4, -0.2) is 50.1 Å². The summed E-state index contributed by atoms with van der Waals surface area (Å²) in [5.41, 5.74) is -0.328. The van der Waals surface area contributed by atoms with Crippen molar-refractivity contribution >= 4 is 16.0 Å². The van der Waals surface area contributed by atoms with E-state index in [1.807, 2.05) is 0 Å². The van der Waals surface area contributed by atoms with Crippen LogP contribution in [0.1, 0.15) is 29.8 Å². The van der Waals surface area contributed by atoms with Crippen LogP contribution in [0.25, 0.3) is 0 Å². The zero-order chi connectivity index (χ0) is 16.3. The smallest absolute Gasteiger partial charge is 0.337 e. The van der Waals surface area contributed by atoms with Crippen LogP contribution in [0.4, 0.5) is 0 Å². The average Bonchev–Trinajstić information content (AvgIpc) is 2.35. The SMILES string of the molecule is COC(=O)c1cccc(CS(=O)(=O)N(C)CC(C)(C)O)c1. The Morgan fingerprint density at radius 2 is 2.00 bits per heavy atom. The molecule has 0 bridgehead atoms. The van der Waals surface area contributed by atoms with Crippen LogP contribution in [0.5, 0.6) is 0 Å². The van der Waals surface area contributed by atoms with E-state index in [4.69, 9.17) is 0 Å². The summed E-state index contributed by atoms with van der Waals surface area (Å²) in [5, 5.41) is 9.70. The third kappa shape index (κ3) is 5.45. The predicted octanol–water partition coefficient (Wildman–Crippen LogP) is 1.01. The van der Waals surface area contributed by atoms with Crippen molar-refractivity contribution in [1.82, 2.24) is 4.31 Å². The van der Waals surface area contributed by atoms with Gasteiger partial charge < -0.3 is 9.84 Å². The molecule has 7 heteroatoms. The van der Waals surface area contributed by atoms with Crippen LogP contribution in [-0.2, 0) is 20.5 Å². The van der Waals surface area contributed by atoms with E-state index < -0.39 is 21.6 Å². The molecule has 0 aliphatic carbocycles. The van der Waals surface area contributed by atoms with E-state index in [-0.39, 0.29) is 12.3 Å². The van der Waals surface area contributed by atoms with Crippen LogP contribution >= 0.6 is 0 Å². The predicted molar refractivity (Wildman–Crippen MR) is 79.3 cm³/mol. The third-order valence-electron chi connectivity index (χ3n) is 2.78. The van der Waals surface area contributed by atoms with E-state index in [2.05, 4.69) is 4.74 Å². The highest BCUT2D eigenvalue weighted by atomic mass is 32.2. The molecule has 0 amide bonds. The van der Waals surface area contributed by atoms with Crippen molar-refractivity contribution in [3.05, 3.63) is 35.4 Å². The first-order chi connectivity index (χ1) is 9.55. The lowest BCUT2D eigenvalue weighted by Crippen LogP contribution is -2.40. The molecule has 0 aromatic heterocycles. The number of carbonyl (C=O) groups is 1. The number of carbonyl (C=O) groups excluding carboxylic acids is 1. The van der Waals surface area contributed by atoms with E-state index in [0.29, 0.717) is 11.1 Å². The minimum Gasteiger partial charge on any atom is -0.465 e. The summed E-state index contributed by atoms with van der Waals surface area (Å²) < 4.78 is 30.2. The van der Waals surface area contributed by atoms with E-state index >= 15 is 0 Å². The van der Waals surface area contributed by atoms with Gasteiger partial charge in [-0.05, 0) is 31.5 Å². The molecular weight excluding hydrogens is 294 g/mol. The number of hydrogen-bond acceptors (Lipinski definition) is 5. The third-order valence-corrected chi connectivity index (χ3v) is 4.56. The van der Waals surface area contributed by atoms with E-state index in [1.165, 1.54) is 34.1 Å². The van der Waals surface area contributed by atoms with Gasteiger partial charge in [-0.1, -0.05) is 12.1 Å². The van der Waals surface area contributed by atoms with Gasteiger partial charge in [-0.2, -0.15) is 0 Å². The number of nitrogens with zero attached hydrogens (tertiary/aromatic N) is 1. The van der Waals surface area contributed by atoms with Gasteiger partial charge in [-0.15, -0.1) is 0 Å². The number of methoxy groups -OCH3 is 1. The molecule has 1 N–H and O–H groups in total. The number of likely N-dealkylation sites (N-methyl/N-ethyl adjacent to an activating group) is 1. The van der Waals surface area contributed by atoms with Crippen molar-refractivity contribution in [2.45, 2.75) is 25.2 Å². The molecule has 0 saturated carbocycles. The standard InChI is InChI=1S/C14H21NO5S/c1-14(2,17)10-15(3)21(18,19)9-11-6-5-7-12(8-11)13(16)20-4/h5-8,17H,9-10H2,1-4H3. The van der Waals surface area contributed by atoms with Crippen molar-refractivity contribution < 1.29 is 23.1 Å². The summed E-state index contributed by atoms with van der Waals surface area (Å²) in [5.74, 6) is -0.760. The Morgan fingerprint density at radius 1 is 1.38 bits per heavy atom. The summed E-state index contributed by atoms with van der Waals surface area (Å²) in [6.07, 6.45) is 0. The minimum absolute atomic E-state index is 0.00791. The van der Waals surface area contributed by atoms with Gasteiger partial charge in [0.2, 0.25) is 10.0 Å². The summed E-state index contributed by atoms with van der Waals surface area (Å²) in [4.78, 5) is 11.4. The quantitative estimate of drug-likeness (QED) is 0.792. The lowest BCUT2D eigenvalue weighted by Gasteiger charge is -2.25. The molecule has 0 aliphatic rings. The molecule has 1 rings (SSSR count). The van der Waals surface area contributed by atoms with Crippen LogP contribution in [0, 0.1) is 0 Å². The van der Waals surface area contributed by atoms with Gasteiger partial charge in [-0.25, -0.2) is 17.5 Å². The maximum Gasteiger partial charge on any atom is 0.337 e. The number of hydrogen-bond donors (Lipinski definition) is 1. The number of esters is 1. The normalized spacial score (nSPS) is 12.5. The maximum atomic E-state index is 12.2. The highest BCUT2D eigenvalue weighted by molar-refractivity contribution is 7.88. The van der Waals surface area contributed by atoms with Crippen molar-refractivity contribution in [1.29, 1.82) is 0 Å². The zero-order valence-electron chi connectivity index (χ0n) is 12.7. The first kappa shape index (κ1) is 17.6. The second-order valence-corrected chi connectivity index (χ2v) is 7.59. The number of rotatable bonds is 6. The molecule has 1 aromatic carbocycles. The Labute approximate surface area is 125 Å². The minimum atomic E-state index is -3.57. The molecule has 0 unspecified atom stereocenters. The maximum absolute atomic E-state index is 12.2. The number of sulfonamides is 1. The second-order valence-electron chi connectivity index (χ2n) is 5.52. The van der Waals surface area contributed by atoms with Gasteiger partial charge in [0.25, 0.3) is 0 Å². The van der Waals surface area contributed by atoms with Gasteiger partial charge in [0.1, 0.15) is 0 Å². The highest BCUT2D eigenvalue weighted by Gasteiger charge is 2.25. The van der Waals surface area contributed by atoms with Crippen molar-refractivity contribution in [2.75, 3.05) is 20.7 Å². The lowest BCUT2D eigenvalue weighted by atomic mass is 10.1. The summed E-state index contributed by atoms with van der Waals surface area (Å²) in [6, 6.07) is 6.28. The number of aliphatic hydroxyl groups is 1. The monoisotopic (exact) mass is 315 g/mol. The molecular formula is C14H21NO5S. The van der Waals surface area contributed by atoms with Gasteiger partial charge in [0, 0.05) is 13.6 Å². The molecule has 6 nitrogen and oxygen atoms in total. The average molecular weight is 315 g/mol. The fourth-order valence-electron chi connectivity index (χ4n) is 1.87. The van der Waals surface area contributed by atoms with Crippen molar-refractivity contribution in [3.63, 3.8) is 0 Å². The summed E-state index contributed by atoms with van der Waals surface area (Å²) in [7, 11) is -0.894. The first-order valence-electron chi connectivity index (χ1n) is 6.39. The van der Waals surface area contributed by atoms with Crippen LogP contribution in [0.2, 0.25) is 0 Å². The lowest BCUT2D eigenvalue weighted by molar-refractivity contribution is 0.0600. The Kier molecular flexibility index (Phi) is 5.49. The molecule has 0 radical (unpaired) electrons. The molecule has 0 spiro atoms. The van der Waals surface area contributed by atoms with Gasteiger partial charge >= 0.3 is 5.97 Å². The topological polar surface area (TPSA) is 83.9 Å². The van der Waals surface area contributed by atoms with Crippen LogP contribution in [0.3, 0.4) is 0 Å². The Hall–Kier alpha value is -1.44. The second kappa shape index (κ2) is 6.55. The molecule has 1 aromatic rings. The van der Waals surface area contributed by atoms with Crippen molar-refractivity contribution in [3.8, 4) is 0 Å². The largest absolute Gasteiger partial charge is 0.465 e. The molecule has 0 saturated heterocycles. The molecule has 0 heterocycles. The number of ether oxygens (including phenoxy) is 1. The fourth-order valence-corrected chi connectivity index (χ4v) is 3.20. The molecule has 0 atom stereocenters. The molecule has 21 heavy (non-hydrogen) atoms. The molecule has 118 valence electrons. The fraction of sp³-hybridized carbons (Fsp3) is 0.500. The Bertz CT molecular complexity index is 604.